The first-order chi connectivity index (χ1) is 16.4. The summed E-state index contributed by atoms with van der Waals surface area (Å²) >= 11 is 7.25. The average molecular weight is 544 g/mol. The van der Waals surface area contributed by atoms with Crippen LogP contribution in [0.25, 0.3) is 0 Å². The Labute approximate surface area is 207 Å². The van der Waals surface area contributed by atoms with Gasteiger partial charge in [0.25, 0.3) is 5.91 Å². The monoisotopic (exact) mass is 543 g/mol. The summed E-state index contributed by atoms with van der Waals surface area (Å²) in [6.45, 7) is 0.385. The van der Waals surface area contributed by atoms with Crippen molar-refractivity contribution in [2.75, 3.05) is 22.5 Å². The highest BCUT2D eigenvalue weighted by Gasteiger charge is 2.36. The molecule has 1 aromatic heterocycles. The third kappa shape index (κ3) is 5.82. The number of fused-ring (bicyclic) bond motifs is 1. The molecule has 3 aromatic rings. The second kappa shape index (κ2) is 9.59. The maximum atomic E-state index is 13.0. The van der Waals surface area contributed by atoms with Crippen LogP contribution in [-0.4, -0.2) is 43.7 Å². The van der Waals surface area contributed by atoms with Gasteiger partial charge in [-0.3, -0.25) is 9.59 Å². The minimum Gasteiger partial charge on any atom is -0.306 e. The Hall–Kier alpha value is -2.96. The Morgan fingerprint density at radius 2 is 1.83 bits per heavy atom. The zero-order valence-electron chi connectivity index (χ0n) is 17.8. The van der Waals surface area contributed by atoms with E-state index in [0.29, 0.717) is 39.8 Å². The summed E-state index contributed by atoms with van der Waals surface area (Å²) in [5, 5.41) is 3.29. The van der Waals surface area contributed by atoms with Crippen LogP contribution in [0.3, 0.4) is 0 Å². The lowest BCUT2D eigenvalue weighted by molar-refractivity contribution is -0.115. The summed E-state index contributed by atoms with van der Waals surface area (Å²) in [6.07, 6.45) is -4.54. The van der Waals surface area contributed by atoms with Gasteiger partial charge in [0.1, 0.15) is 4.88 Å². The summed E-state index contributed by atoms with van der Waals surface area (Å²) in [7, 11) is -4.52. The van der Waals surface area contributed by atoms with Gasteiger partial charge in [-0.1, -0.05) is 47.2 Å². The Morgan fingerprint density at radius 1 is 1.14 bits per heavy atom. The van der Waals surface area contributed by atoms with Crippen molar-refractivity contribution in [1.82, 2.24) is 4.98 Å². The number of amides is 2. The number of thiazole rings is 1. The Morgan fingerprint density at radius 3 is 2.49 bits per heavy atom. The van der Waals surface area contributed by atoms with Gasteiger partial charge in [-0.05, 0) is 29.8 Å². The molecular weight excluding hydrogens is 527 g/mol. The molecule has 1 aliphatic heterocycles. The Balaban J connectivity index is 1.42. The number of alkyl halides is 3. The lowest BCUT2D eigenvalue weighted by atomic mass is 10.1. The molecule has 184 valence electrons. The number of benzene rings is 2. The molecule has 2 heterocycles. The molecule has 0 saturated heterocycles. The lowest BCUT2D eigenvalue weighted by Crippen LogP contribution is -2.37. The number of anilines is 2. The number of carbonyl (C=O) groups is 2. The molecule has 0 radical (unpaired) electrons. The summed E-state index contributed by atoms with van der Waals surface area (Å²) in [5.74, 6) is -2.70. The number of hydrogen-bond acceptors (Lipinski definition) is 6. The molecule has 13 heteroatoms. The van der Waals surface area contributed by atoms with E-state index < -0.39 is 32.6 Å². The van der Waals surface area contributed by atoms with Gasteiger partial charge >= 0.3 is 6.18 Å². The van der Waals surface area contributed by atoms with E-state index in [4.69, 9.17) is 11.6 Å². The summed E-state index contributed by atoms with van der Waals surface area (Å²) in [4.78, 5) is 31.2. The maximum absolute atomic E-state index is 13.0. The van der Waals surface area contributed by atoms with Crippen molar-refractivity contribution in [1.29, 1.82) is 0 Å². The van der Waals surface area contributed by atoms with Crippen molar-refractivity contribution >= 4 is 55.4 Å². The Kier molecular flexibility index (Phi) is 6.89. The van der Waals surface area contributed by atoms with E-state index in [9.17, 15) is 31.2 Å². The molecule has 0 atom stereocenters. The van der Waals surface area contributed by atoms with Crippen molar-refractivity contribution in [3.63, 3.8) is 0 Å². The number of nitrogens with one attached hydrogen (secondary N) is 1. The number of hydrogen-bond donors (Lipinski definition) is 1. The fourth-order valence-electron chi connectivity index (χ4n) is 3.55. The molecule has 2 aromatic carbocycles. The number of sulfone groups is 1. The molecule has 0 spiro atoms. The van der Waals surface area contributed by atoms with Crippen LogP contribution in [0.4, 0.5) is 24.0 Å². The minimum absolute atomic E-state index is 0.163. The third-order valence-electron chi connectivity index (χ3n) is 5.10. The highest BCUT2D eigenvalue weighted by atomic mass is 35.5. The highest BCUT2D eigenvalue weighted by molar-refractivity contribution is 7.91. The van der Waals surface area contributed by atoms with Crippen molar-refractivity contribution < 1.29 is 31.2 Å². The van der Waals surface area contributed by atoms with Gasteiger partial charge in [0.2, 0.25) is 5.91 Å². The summed E-state index contributed by atoms with van der Waals surface area (Å²) in [6, 6.07) is 11.6. The molecule has 4 rings (SSSR count). The van der Waals surface area contributed by atoms with E-state index in [1.807, 2.05) is 0 Å². The van der Waals surface area contributed by atoms with E-state index in [0.717, 1.165) is 23.5 Å². The van der Waals surface area contributed by atoms with Gasteiger partial charge < -0.3 is 10.2 Å². The van der Waals surface area contributed by atoms with E-state index in [-0.39, 0.29) is 17.5 Å². The lowest BCUT2D eigenvalue weighted by Gasteiger charge is -2.26. The second-order valence-corrected chi connectivity index (χ2v) is 11.1. The van der Waals surface area contributed by atoms with E-state index in [1.165, 1.54) is 12.1 Å². The zero-order valence-corrected chi connectivity index (χ0v) is 20.2. The maximum Gasteiger partial charge on any atom is 0.403 e. The van der Waals surface area contributed by atoms with Crippen LogP contribution in [-0.2, 0) is 27.5 Å². The molecule has 1 aliphatic rings. The van der Waals surface area contributed by atoms with E-state index in [2.05, 4.69) is 10.3 Å². The SMILES string of the molecule is O=C(Cc1ccc(S(=O)(=O)CC(F)(F)F)cc1)Nc1nc2c(s1)C(=O)N(c1ccccc1Cl)CC2. The van der Waals surface area contributed by atoms with Crippen molar-refractivity contribution in [3.05, 3.63) is 69.7 Å². The van der Waals surface area contributed by atoms with Crippen molar-refractivity contribution in [2.24, 2.45) is 0 Å². The van der Waals surface area contributed by atoms with Crippen LogP contribution in [0.15, 0.2) is 53.4 Å². The Bertz CT molecular complexity index is 1390. The number of rotatable bonds is 6. The molecule has 1 N–H and O–H groups in total. The van der Waals surface area contributed by atoms with Crippen LogP contribution < -0.4 is 10.2 Å². The normalized spacial score (nSPS) is 14.1. The van der Waals surface area contributed by atoms with Crippen LogP contribution in [0.2, 0.25) is 5.02 Å². The minimum atomic E-state index is -4.85. The molecule has 0 aliphatic carbocycles. The number of halogens is 4. The van der Waals surface area contributed by atoms with Crippen LogP contribution in [0.1, 0.15) is 20.9 Å². The second-order valence-electron chi connectivity index (χ2n) is 7.70. The molecule has 0 saturated carbocycles. The van der Waals surface area contributed by atoms with Crippen molar-refractivity contribution in [3.8, 4) is 0 Å². The van der Waals surface area contributed by atoms with Gasteiger partial charge in [-0.2, -0.15) is 13.2 Å². The van der Waals surface area contributed by atoms with Crippen LogP contribution >= 0.6 is 22.9 Å². The van der Waals surface area contributed by atoms with Gasteiger partial charge in [0.15, 0.2) is 20.7 Å². The third-order valence-corrected chi connectivity index (χ3v) is 8.12. The summed E-state index contributed by atoms with van der Waals surface area (Å²) in [5.41, 5.74) is 1.55. The average Bonchev–Trinajstić information content (AvgIpc) is 3.17. The molecule has 2 amide bonds. The molecule has 0 unspecified atom stereocenters. The topological polar surface area (TPSA) is 96.4 Å². The number of para-hydroxylation sites is 1. The smallest absolute Gasteiger partial charge is 0.306 e. The molecule has 0 fully saturated rings. The van der Waals surface area contributed by atoms with Crippen LogP contribution in [0.5, 0.6) is 0 Å². The first-order valence-corrected chi connectivity index (χ1v) is 13.0. The standard InChI is InChI=1S/C22H17ClF3N3O4S2/c23-15-3-1-2-4-17(15)29-10-9-16-19(20(29)31)34-21(27-16)28-18(30)11-13-5-7-14(8-6-13)35(32,33)12-22(24,25)26/h1-8H,9-12H2,(H,27,28,30). The molecule has 7 nitrogen and oxygen atoms in total. The predicted molar refractivity (Wildman–Crippen MR) is 126 cm³/mol. The van der Waals surface area contributed by atoms with E-state index >= 15 is 0 Å². The molecule has 35 heavy (non-hydrogen) atoms. The summed E-state index contributed by atoms with van der Waals surface area (Å²) < 4.78 is 61.1. The molecular formula is C22H17ClF3N3O4S2. The number of aromatic nitrogens is 1. The fraction of sp³-hybridized carbons (Fsp3) is 0.227. The zero-order chi connectivity index (χ0) is 25.4. The van der Waals surface area contributed by atoms with Gasteiger partial charge in [-0.25, -0.2) is 13.4 Å². The van der Waals surface area contributed by atoms with Crippen molar-refractivity contribution in [2.45, 2.75) is 23.9 Å². The van der Waals surface area contributed by atoms with Gasteiger partial charge in [0.05, 0.1) is 27.7 Å². The largest absolute Gasteiger partial charge is 0.403 e. The van der Waals surface area contributed by atoms with Crippen LogP contribution in [0, 0.1) is 0 Å². The number of nitrogens with zero attached hydrogens (tertiary/aromatic N) is 2. The highest BCUT2D eigenvalue weighted by Crippen LogP contribution is 2.34. The van der Waals surface area contributed by atoms with Gasteiger partial charge in [0, 0.05) is 13.0 Å². The van der Waals surface area contributed by atoms with Gasteiger partial charge in [-0.15, -0.1) is 0 Å². The number of carbonyl (C=O) groups excluding carboxylic acids is 2. The molecule has 0 bridgehead atoms. The first-order valence-electron chi connectivity index (χ1n) is 10.2. The predicted octanol–water partition coefficient (Wildman–Crippen LogP) is 4.52. The van der Waals surface area contributed by atoms with E-state index in [1.54, 1.807) is 29.2 Å². The first kappa shape index (κ1) is 25.1. The quantitative estimate of drug-likeness (QED) is 0.493. The fourth-order valence-corrected chi connectivity index (χ4v) is 5.91.